The fourth-order valence-electron chi connectivity index (χ4n) is 4.11. The van der Waals surface area contributed by atoms with Crippen LogP contribution in [0.1, 0.15) is 129 Å². The van der Waals surface area contributed by atoms with Crippen LogP contribution >= 0.6 is 0 Å². The van der Waals surface area contributed by atoms with Crippen LogP contribution in [0.25, 0.3) is 0 Å². The van der Waals surface area contributed by atoms with Gasteiger partial charge in [0.15, 0.2) is 0 Å². The summed E-state index contributed by atoms with van der Waals surface area (Å²) in [7, 11) is 2.18. The second-order valence-electron chi connectivity index (χ2n) is 10.1. The number of ether oxygens (including phenoxy) is 2. The molecular formula is C29H63N3O2. The van der Waals surface area contributed by atoms with Crippen LogP contribution in [-0.4, -0.2) is 64.8 Å². The van der Waals surface area contributed by atoms with Gasteiger partial charge in [0.25, 0.3) is 0 Å². The van der Waals surface area contributed by atoms with Gasteiger partial charge in [-0.25, -0.2) is 0 Å². The Hall–Kier alpha value is -0.200. The summed E-state index contributed by atoms with van der Waals surface area (Å²) in [5.74, 6) is 0. The molecule has 0 aromatic heterocycles. The minimum atomic E-state index is 0.676. The van der Waals surface area contributed by atoms with Crippen molar-refractivity contribution in [2.45, 2.75) is 129 Å². The predicted molar refractivity (Wildman–Crippen MR) is 150 cm³/mol. The number of hydrogen-bond acceptors (Lipinski definition) is 5. The second-order valence-corrected chi connectivity index (χ2v) is 10.1. The number of nitrogens with zero attached hydrogens (tertiary/aromatic N) is 1. The highest BCUT2D eigenvalue weighted by molar-refractivity contribution is 4.55. The van der Waals surface area contributed by atoms with Gasteiger partial charge in [0.1, 0.15) is 0 Å². The van der Waals surface area contributed by atoms with Gasteiger partial charge in [-0.1, -0.05) is 117 Å². The minimum absolute atomic E-state index is 0.676. The van der Waals surface area contributed by atoms with E-state index in [1.807, 2.05) is 0 Å². The lowest BCUT2D eigenvalue weighted by Gasteiger charge is -2.17. The Morgan fingerprint density at radius 1 is 0.471 bits per heavy atom. The molecule has 2 N–H and O–H groups in total. The van der Waals surface area contributed by atoms with Gasteiger partial charge in [0.2, 0.25) is 0 Å². The first-order valence-corrected chi connectivity index (χ1v) is 15.1. The zero-order valence-electron chi connectivity index (χ0n) is 23.6. The van der Waals surface area contributed by atoms with Crippen molar-refractivity contribution >= 4 is 0 Å². The third-order valence-corrected chi connectivity index (χ3v) is 6.53. The summed E-state index contributed by atoms with van der Waals surface area (Å²) in [4.78, 5) is 2.35. The zero-order chi connectivity index (χ0) is 24.8. The molecule has 0 radical (unpaired) electrons. The molecule has 0 atom stereocenters. The summed E-state index contributed by atoms with van der Waals surface area (Å²) < 4.78 is 11.4. The number of hydrogen-bond donors (Lipinski definition) is 2. The molecule has 0 saturated heterocycles. The molecule has 0 fully saturated rings. The molecule has 0 saturated carbocycles. The average Bonchev–Trinajstić information content (AvgIpc) is 2.84. The fraction of sp³-hybridized carbons (Fsp3) is 1.00. The second kappa shape index (κ2) is 30.8. The molecule has 5 nitrogen and oxygen atoms in total. The number of unbranched alkanes of at least 4 members (excludes halogenated alkanes) is 16. The van der Waals surface area contributed by atoms with Gasteiger partial charge in [-0.3, -0.25) is 10.6 Å². The van der Waals surface area contributed by atoms with E-state index in [1.165, 1.54) is 116 Å². The molecule has 0 heterocycles. The van der Waals surface area contributed by atoms with E-state index in [0.29, 0.717) is 13.5 Å². The van der Waals surface area contributed by atoms with E-state index < -0.39 is 0 Å². The van der Waals surface area contributed by atoms with Crippen molar-refractivity contribution in [1.82, 2.24) is 15.5 Å². The van der Waals surface area contributed by atoms with Gasteiger partial charge in [-0.2, -0.15) is 0 Å². The molecule has 0 aliphatic rings. The van der Waals surface area contributed by atoms with Gasteiger partial charge < -0.3 is 14.4 Å². The van der Waals surface area contributed by atoms with E-state index in [1.54, 1.807) is 0 Å². The Labute approximate surface area is 214 Å². The highest BCUT2D eigenvalue weighted by Gasteiger charge is 1.98. The lowest BCUT2D eigenvalue weighted by Crippen LogP contribution is -2.35. The monoisotopic (exact) mass is 485 g/mol. The third kappa shape index (κ3) is 29.8. The molecule has 0 spiro atoms. The molecule has 0 rings (SSSR count). The summed E-state index contributed by atoms with van der Waals surface area (Å²) in [5, 5.41) is 6.78. The molecule has 0 amide bonds. The standard InChI is InChI=1S/C29H63N3O2/c1-4-6-8-10-12-14-16-18-20-26-33-28-30-22-24-32(3)25-23-31-29-34-27-21-19-17-15-13-11-9-7-5-2/h30-31H,4-29H2,1-3H3. The minimum Gasteiger partial charge on any atom is -0.366 e. The van der Waals surface area contributed by atoms with Crippen molar-refractivity contribution in [3.63, 3.8) is 0 Å². The van der Waals surface area contributed by atoms with Crippen LogP contribution in [0.2, 0.25) is 0 Å². The summed E-state index contributed by atoms with van der Waals surface area (Å²) >= 11 is 0. The van der Waals surface area contributed by atoms with E-state index >= 15 is 0 Å². The fourth-order valence-corrected chi connectivity index (χ4v) is 4.11. The van der Waals surface area contributed by atoms with Crippen LogP contribution in [0.15, 0.2) is 0 Å². The lowest BCUT2D eigenvalue weighted by molar-refractivity contribution is 0.107. The first-order valence-electron chi connectivity index (χ1n) is 15.1. The zero-order valence-corrected chi connectivity index (χ0v) is 23.6. The highest BCUT2D eigenvalue weighted by atomic mass is 16.5. The van der Waals surface area contributed by atoms with E-state index in [-0.39, 0.29) is 0 Å². The number of nitrogens with one attached hydrogen (secondary N) is 2. The highest BCUT2D eigenvalue weighted by Crippen LogP contribution is 2.10. The van der Waals surface area contributed by atoms with Crippen LogP contribution in [-0.2, 0) is 9.47 Å². The van der Waals surface area contributed by atoms with E-state index in [9.17, 15) is 0 Å². The van der Waals surface area contributed by atoms with Crippen LogP contribution in [0.4, 0.5) is 0 Å². The van der Waals surface area contributed by atoms with E-state index in [4.69, 9.17) is 9.47 Å². The maximum Gasteiger partial charge on any atom is 0.0965 e. The molecule has 206 valence electrons. The van der Waals surface area contributed by atoms with Gasteiger partial charge >= 0.3 is 0 Å². The third-order valence-electron chi connectivity index (χ3n) is 6.53. The van der Waals surface area contributed by atoms with E-state index in [2.05, 4.69) is 36.4 Å². The van der Waals surface area contributed by atoms with Gasteiger partial charge in [-0.15, -0.1) is 0 Å². The number of rotatable bonds is 30. The van der Waals surface area contributed by atoms with Crippen molar-refractivity contribution in [1.29, 1.82) is 0 Å². The largest absolute Gasteiger partial charge is 0.366 e. The molecular weight excluding hydrogens is 422 g/mol. The normalized spacial score (nSPS) is 11.6. The summed E-state index contributed by atoms with van der Waals surface area (Å²) in [6.07, 6.45) is 24.6. The smallest absolute Gasteiger partial charge is 0.0965 e. The van der Waals surface area contributed by atoms with Gasteiger partial charge in [-0.05, 0) is 19.9 Å². The Kier molecular flexibility index (Phi) is 30.6. The van der Waals surface area contributed by atoms with Crippen molar-refractivity contribution in [2.75, 3.05) is 59.9 Å². The van der Waals surface area contributed by atoms with Gasteiger partial charge in [0, 0.05) is 39.4 Å². The van der Waals surface area contributed by atoms with Crippen LogP contribution in [0.5, 0.6) is 0 Å². The number of likely N-dealkylation sites (N-methyl/N-ethyl adjacent to an activating group) is 1. The average molecular weight is 486 g/mol. The Balaban J connectivity index is 3.13. The first-order chi connectivity index (χ1) is 16.8. The Morgan fingerprint density at radius 3 is 1.15 bits per heavy atom. The molecule has 0 aromatic carbocycles. The van der Waals surface area contributed by atoms with Crippen molar-refractivity contribution < 1.29 is 9.47 Å². The van der Waals surface area contributed by atoms with Crippen LogP contribution < -0.4 is 10.6 Å². The van der Waals surface area contributed by atoms with Crippen LogP contribution in [0, 0.1) is 0 Å². The van der Waals surface area contributed by atoms with E-state index in [0.717, 1.165) is 39.4 Å². The van der Waals surface area contributed by atoms with Crippen molar-refractivity contribution in [3.05, 3.63) is 0 Å². The molecule has 0 aliphatic carbocycles. The lowest BCUT2D eigenvalue weighted by atomic mass is 10.1. The van der Waals surface area contributed by atoms with Gasteiger partial charge in [0.05, 0.1) is 13.5 Å². The van der Waals surface area contributed by atoms with Crippen molar-refractivity contribution in [3.8, 4) is 0 Å². The molecule has 5 heteroatoms. The molecule has 34 heavy (non-hydrogen) atoms. The van der Waals surface area contributed by atoms with Crippen LogP contribution in [0.3, 0.4) is 0 Å². The first kappa shape index (κ1) is 33.8. The summed E-state index contributed by atoms with van der Waals surface area (Å²) in [6, 6.07) is 0. The maximum absolute atomic E-state index is 5.70. The summed E-state index contributed by atoms with van der Waals surface area (Å²) in [5.41, 5.74) is 0. The topological polar surface area (TPSA) is 45.8 Å². The Morgan fingerprint density at radius 2 is 0.794 bits per heavy atom. The van der Waals surface area contributed by atoms with Crippen molar-refractivity contribution in [2.24, 2.45) is 0 Å². The predicted octanol–water partition coefficient (Wildman–Crippen LogP) is 7.11. The molecule has 0 aliphatic heterocycles. The molecule has 0 bridgehead atoms. The molecule has 0 aromatic rings. The SMILES string of the molecule is CCCCCCCCCCCOCNCCN(C)CCNCOCCCCCCCCCCC. The quantitative estimate of drug-likeness (QED) is 0.0838. The molecule has 0 unspecified atom stereocenters. The maximum atomic E-state index is 5.70. The Bertz CT molecular complexity index is 326. The summed E-state index contributed by atoms with van der Waals surface area (Å²) in [6.45, 7) is 11.7.